The average molecular weight is 328 g/mol. The van der Waals surface area contributed by atoms with Crippen molar-refractivity contribution >= 4 is 33.0 Å². The number of nitriles is 1. The summed E-state index contributed by atoms with van der Waals surface area (Å²) < 4.78 is 0.896. The molecule has 100 valence electrons. The van der Waals surface area contributed by atoms with E-state index in [4.69, 9.17) is 5.26 Å². The first-order valence-corrected chi connectivity index (χ1v) is 7.39. The third kappa shape index (κ3) is 2.63. The molecule has 2 N–H and O–H groups in total. The topological polar surface area (TPSA) is 47.9 Å². The largest absolute Gasteiger partial charge is 0.385 e. The molecule has 2 aromatic carbocycles. The lowest BCUT2D eigenvalue weighted by atomic mass is 10.0. The van der Waals surface area contributed by atoms with Gasteiger partial charge in [0.2, 0.25) is 0 Å². The number of fused-ring (bicyclic) bond motifs is 1. The van der Waals surface area contributed by atoms with E-state index < -0.39 is 0 Å². The van der Waals surface area contributed by atoms with Gasteiger partial charge in [0.1, 0.15) is 0 Å². The highest BCUT2D eigenvalue weighted by atomic mass is 79.9. The number of hydrogen-bond acceptors (Lipinski definition) is 3. The highest BCUT2D eigenvalue weighted by Gasteiger charge is 2.09. The minimum Gasteiger partial charge on any atom is -0.385 e. The van der Waals surface area contributed by atoms with Crippen LogP contribution in [0.25, 0.3) is 0 Å². The van der Waals surface area contributed by atoms with Gasteiger partial charge < -0.3 is 10.6 Å². The van der Waals surface area contributed by atoms with Crippen molar-refractivity contribution in [1.82, 2.24) is 0 Å². The Morgan fingerprint density at radius 2 is 2.10 bits per heavy atom. The van der Waals surface area contributed by atoms with Crippen LogP contribution in [0, 0.1) is 11.3 Å². The molecule has 0 bridgehead atoms. The SMILES string of the molecule is N#Cc1ccc(Nc2ccc3c(c2)CCCN3)c(Br)c1. The van der Waals surface area contributed by atoms with Gasteiger partial charge in [0.05, 0.1) is 17.3 Å². The van der Waals surface area contributed by atoms with Crippen molar-refractivity contribution < 1.29 is 0 Å². The van der Waals surface area contributed by atoms with Crippen molar-refractivity contribution in [2.45, 2.75) is 12.8 Å². The maximum Gasteiger partial charge on any atom is 0.0992 e. The van der Waals surface area contributed by atoms with Gasteiger partial charge in [-0.15, -0.1) is 0 Å². The van der Waals surface area contributed by atoms with Crippen molar-refractivity contribution in [2.75, 3.05) is 17.2 Å². The number of hydrogen-bond donors (Lipinski definition) is 2. The van der Waals surface area contributed by atoms with E-state index in [9.17, 15) is 0 Å². The summed E-state index contributed by atoms with van der Waals surface area (Å²) in [6.45, 7) is 1.06. The number of benzene rings is 2. The maximum absolute atomic E-state index is 8.88. The molecule has 1 aliphatic heterocycles. The summed E-state index contributed by atoms with van der Waals surface area (Å²) in [5, 5.41) is 15.7. The van der Waals surface area contributed by atoms with Gasteiger partial charge in [0.25, 0.3) is 0 Å². The molecule has 3 nitrogen and oxygen atoms in total. The maximum atomic E-state index is 8.88. The third-order valence-corrected chi connectivity index (χ3v) is 4.08. The van der Waals surface area contributed by atoms with Crippen LogP contribution >= 0.6 is 15.9 Å². The van der Waals surface area contributed by atoms with Crippen molar-refractivity contribution in [2.24, 2.45) is 0 Å². The highest BCUT2D eigenvalue weighted by Crippen LogP contribution is 2.30. The molecular formula is C16H14BrN3. The lowest BCUT2D eigenvalue weighted by molar-refractivity contribution is 0.830. The molecule has 3 rings (SSSR count). The van der Waals surface area contributed by atoms with Crippen molar-refractivity contribution in [3.05, 3.63) is 52.0 Å². The van der Waals surface area contributed by atoms with E-state index in [1.807, 2.05) is 18.2 Å². The van der Waals surface area contributed by atoms with E-state index in [1.165, 1.54) is 17.7 Å². The Bertz CT molecular complexity index is 689. The molecule has 1 heterocycles. The summed E-state index contributed by atoms with van der Waals surface area (Å²) in [5.41, 5.74) is 5.27. The molecular weight excluding hydrogens is 314 g/mol. The van der Waals surface area contributed by atoms with Gasteiger partial charge >= 0.3 is 0 Å². The summed E-state index contributed by atoms with van der Waals surface area (Å²) in [5.74, 6) is 0. The second-order valence-corrected chi connectivity index (χ2v) is 5.69. The smallest absolute Gasteiger partial charge is 0.0992 e. The minimum absolute atomic E-state index is 0.650. The highest BCUT2D eigenvalue weighted by molar-refractivity contribution is 9.10. The molecule has 0 fully saturated rings. The van der Waals surface area contributed by atoms with Gasteiger partial charge in [-0.2, -0.15) is 5.26 Å². The van der Waals surface area contributed by atoms with Gasteiger partial charge in [-0.25, -0.2) is 0 Å². The van der Waals surface area contributed by atoms with Gasteiger partial charge in [-0.05, 0) is 70.7 Å². The molecule has 2 aromatic rings. The van der Waals surface area contributed by atoms with E-state index in [-0.39, 0.29) is 0 Å². The predicted octanol–water partition coefficient (Wildman–Crippen LogP) is 4.42. The van der Waals surface area contributed by atoms with Crippen LogP contribution in [0.2, 0.25) is 0 Å². The molecule has 0 saturated heterocycles. The summed E-state index contributed by atoms with van der Waals surface area (Å²) in [6, 6.07) is 14.1. The van der Waals surface area contributed by atoms with Gasteiger partial charge in [0, 0.05) is 22.4 Å². The number of rotatable bonds is 2. The Labute approximate surface area is 126 Å². The van der Waals surface area contributed by atoms with E-state index >= 15 is 0 Å². The summed E-state index contributed by atoms with van der Waals surface area (Å²) in [7, 11) is 0. The lowest BCUT2D eigenvalue weighted by Gasteiger charge is -2.19. The minimum atomic E-state index is 0.650. The summed E-state index contributed by atoms with van der Waals surface area (Å²) in [6.07, 6.45) is 2.30. The van der Waals surface area contributed by atoms with Crippen LogP contribution in [-0.2, 0) is 6.42 Å². The molecule has 4 heteroatoms. The molecule has 0 spiro atoms. The van der Waals surface area contributed by atoms with E-state index in [0.717, 1.165) is 28.8 Å². The summed E-state index contributed by atoms with van der Waals surface area (Å²) >= 11 is 3.49. The second kappa shape index (κ2) is 5.56. The molecule has 0 atom stereocenters. The Morgan fingerprint density at radius 1 is 1.20 bits per heavy atom. The molecule has 0 amide bonds. The van der Waals surface area contributed by atoms with E-state index in [1.54, 1.807) is 0 Å². The van der Waals surface area contributed by atoms with Crippen LogP contribution < -0.4 is 10.6 Å². The lowest BCUT2D eigenvalue weighted by Crippen LogP contribution is -2.11. The first kappa shape index (κ1) is 13.0. The number of nitrogens with zero attached hydrogens (tertiary/aromatic N) is 1. The van der Waals surface area contributed by atoms with Crippen molar-refractivity contribution in [3.63, 3.8) is 0 Å². The number of nitrogens with one attached hydrogen (secondary N) is 2. The first-order valence-electron chi connectivity index (χ1n) is 6.60. The first-order chi connectivity index (χ1) is 9.76. The monoisotopic (exact) mass is 327 g/mol. The molecule has 0 aromatic heterocycles. The third-order valence-electron chi connectivity index (χ3n) is 3.42. The summed E-state index contributed by atoms with van der Waals surface area (Å²) in [4.78, 5) is 0. The second-order valence-electron chi connectivity index (χ2n) is 4.83. The molecule has 0 radical (unpaired) electrons. The van der Waals surface area contributed by atoms with Gasteiger partial charge in [-0.3, -0.25) is 0 Å². The molecule has 0 saturated carbocycles. The Balaban J connectivity index is 1.86. The number of anilines is 3. The van der Waals surface area contributed by atoms with Crippen LogP contribution in [0.3, 0.4) is 0 Å². The van der Waals surface area contributed by atoms with Crippen molar-refractivity contribution in [3.8, 4) is 6.07 Å². The zero-order valence-electron chi connectivity index (χ0n) is 10.9. The molecule has 0 aliphatic carbocycles. The Morgan fingerprint density at radius 3 is 2.90 bits per heavy atom. The van der Waals surface area contributed by atoms with E-state index in [2.05, 4.69) is 50.8 Å². The van der Waals surface area contributed by atoms with E-state index in [0.29, 0.717) is 5.56 Å². The standard InChI is InChI=1S/C16H14BrN3/c17-14-8-11(10-18)3-5-16(14)20-13-4-6-15-12(9-13)2-1-7-19-15/h3-6,8-9,19-20H,1-2,7H2. The molecule has 20 heavy (non-hydrogen) atoms. The molecule has 0 unspecified atom stereocenters. The number of halogens is 1. The predicted molar refractivity (Wildman–Crippen MR) is 85.4 cm³/mol. The Kier molecular flexibility index (Phi) is 3.62. The average Bonchev–Trinajstić information content (AvgIpc) is 2.49. The molecule has 1 aliphatic rings. The quantitative estimate of drug-likeness (QED) is 0.858. The van der Waals surface area contributed by atoms with Crippen LogP contribution in [0.1, 0.15) is 17.5 Å². The Hall–Kier alpha value is -1.99. The van der Waals surface area contributed by atoms with Crippen LogP contribution in [0.15, 0.2) is 40.9 Å². The van der Waals surface area contributed by atoms with Crippen LogP contribution in [0.4, 0.5) is 17.1 Å². The van der Waals surface area contributed by atoms with Gasteiger partial charge in [-0.1, -0.05) is 0 Å². The van der Waals surface area contributed by atoms with Crippen LogP contribution in [0.5, 0.6) is 0 Å². The fraction of sp³-hybridized carbons (Fsp3) is 0.188. The zero-order valence-corrected chi connectivity index (χ0v) is 12.5. The van der Waals surface area contributed by atoms with Crippen molar-refractivity contribution in [1.29, 1.82) is 5.26 Å². The van der Waals surface area contributed by atoms with Gasteiger partial charge in [0.15, 0.2) is 0 Å². The van der Waals surface area contributed by atoms with Crippen LogP contribution in [-0.4, -0.2) is 6.54 Å². The fourth-order valence-electron chi connectivity index (χ4n) is 2.39. The number of aryl methyl sites for hydroxylation is 1. The zero-order chi connectivity index (χ0) is 13.9. The normalized spacial score (nSPS) is 13.0. The fourth-order valence-corrected chi connectivity index (χ4v) is 2.87.